The molecule has 26 heavy (non-hydrogen) atoms. The predicted molar refractivity (Wildman–Crippen MR) is 104 cm³/mol. The first kappa shape index (κ1) is 19.1. The number of nitrogens with one attached hydrogen (secondary N) is 2. The third-order valence-electron chi connectivity index (χ3n) is 4.45. The Kier molecular flexibility index (Phi) is 5.79. The summed E-state index contributed by atoms with van der Waals surface area (Å²) in [6, 6.07) is 5.85. The molecule has 0 aliphatic carbocycles. The Labute approximate surface area is 157 Å². The fourth-order valence-electron chi connectivity index (χ4n) is 3.12. The number of aromatic amines is 1. The predicted octanol–water partition coefficient (Wildman–Crippen LogP) is 2.84. The normalized spacial score (nSPS) is 18.8. The third-order valence-corrected chi connectivity index (χ3v) is 7.52. The molecule has 1 saturated heterocycles. The van der Waals surface area contributed by atoms with E-state index in [2.05, 4.69) is 15.5 Å². The second kappa shape index (κ2) is 7.89. The van der Waals surface area contributed by atoms with E-state index in [-0.39, 0.29) is 24.1 Å². The second-order valence-corrected chi connectivity index (χ2v) is 9.96. The molecule has 9 heteroatoms. The number of aryl methyl sites for hydroxylation is 1. The smallest absolute Gasteiger partial charge is 0.230 e. The maximum Gasteiger partial charge on any atom is 0.230 e. The van der Waals surface area contributed by atoms with Crippen LogP contribution in [0.5, 0.6) is 0 Å². The third kappa shape index (κ3) is 4.33. The van der Waals surface area contributed by atoms with E-state index in [1.54, 1.807) is 17.4 Å². The van der Waals surface area contributed by atoms with Crippen molar-refractivity contribution < 1.29 is 13.2 Å². The number of anilines is 1. The van der Waals surface area contributed by atoms with Crippen LogP contribution in [0.3, 0.4) is 0 Å². The van der Waals surface area contributed by atoms with Crippen molar-refractivity contribution in [3.05, 3.63) is 23.1 Å². The van der Waals surface area contributed by atoms with Gasteiger partial charge >= 0.3 is 0 Å². The Morgan fingerprint density at radius 3 is 2.96 bits per heavy atom. The van der Waals surface area contributed by atoms with Crippen LogP contribution in [0.25, 0.3) is 10.6 Å². The quantitative estimate of drug-likeness (QED) is 0.785. The zero-order valence-electron chi connectivity index (χ0n) is 15.0. The van der Waals surface area contributed by atoms with Gasteiger partial charge in [-0.15, -0.1) is 11.3 Å². The molecule has 0 aromatic carbocycles. The van der Waals surface area contributed by atoms with Gasteiger partial charge in [0.2, 0.25) is 15.9 Å². The maximum atomic E-state index is 12.6. The number of hydrogen-bond acceptors (Lipinski definition) is 5. The van der Waals surface area contributed by atoms with Crippen molar-refractivity contribution in [1.82, 2.24) is 14.5 Å². The molecule has 0 spiro atoms. The number of sulfonamides is 1. The van der Waals surface area contributed by atoms with Crippen molar-refractivity contribution in [2.45, 2.75) is 33.1 Å². The summed E-state index contributed by atoms with van der Waals surface area (Å²) < 4.78 is 26.0. The average molecular weight is 397 g/mol. The van der Waals surface area contributed by atoms with Crippen molar-refractivity contribution in [3.8, 4) is 10.6 Å². The minimum Gasteiger partial charge on any atom is -0.309 e. The van der Waals surface area contributed by atoms with Gasteiger partial charge in [-0.25, -0.2) is 12.7 Å². The summed E-state index contributed by atoms with van der Waals surface area (Å²) in [5.74, 6) is 0.0653. The zero-order chi connectivity index (χ0) is 18.7. The standard InChI is InChI=1S/C17H24N4O3S2/c1-3-9-26(23,24)21-8-4-5-13(11-21)17(22)18-16-10-14(19-20-16)15-7-6-12(2)25-15/h6-7,10,13H,3-5,8-9,11H2,1-2H3,(H2,18,19,20,22). The molecule has 3 rings (SSSR count). The highest BCUT2D eigenvalue weighted by atomic mass is 32.2. The van der Waals surface area contributed by atoms with E-state index in [0.29, 0.717) is 31.6 Å². The lowest BCUT2D eigenvalue weighted by Crippen LogP contribution is -2.44. The minimum atomic E-state index is -3.27. The number of piperidine rings is 1. The van der Waals surface area contributed by atoms with Crippen molar-refractivity contribution in [2.75, 3.05) is 24.2 Å². The Morgan fingerprint density at radius 2 is 2.27 bits per heavy atom. The number of H-pyrrole nitrogens is 1. The van der Waals surface area contributed by atoms with Crippen LogP contribution in [-0.2, 0) is 14.8 Å². The van der Waals surface area contributed by atoms with Gasteiger partial charge in [-0.3, -0.25) is 9.89 Å². The van der Waals surface area contributed by atoms with E-state index < -0.39 is 10.0 Å². The van der Waals surface area contributed by atoms with E-state index >= 15 is 0 Å². The summed E-state index contributed by atoms with van der Waals surface area (Å²) in [6.45, 7) is 4.62. The molecule has 2 aromatic rings. The molecule has 1 atom stereocenters. The lowest BCUT2D eigenvalue weighted by atomic mass is 9.99. The van der Waals surface area contributed by atoms with Crippen molar-refractivity contribution in [2.24, 2.45) is 5.92 Å². The van der Waals surface area contributed by atoms with Crippen LogP contribution in [0.2, 0.25) is 0 Å². The Morgan fingerprint density at radius 1 is 1.46 bits per heavy atom. The fraction of sp³-hybridized carbons (Fsp3) is 0.529. The molecule has 2 aromatic heterocycles. The molecule has 1 aliphatic rings. The van der Waals surface area contributed by atoms with Crippen LogP contribution >= 0.6 is 11.3 Å². The molecule has 2 N–H and O–H groups in total. The number of thiophene rings is 1. The molecule has 0 radical (unpaired) electrons. The lowest BCUT2D eigenvalue weighted by molar-refractivity contribution is -0.120. The fourth-order valence-corrected chi connectivity index (χ4v) is 5.54. The van der Waals surface area contributed by atoms with Gasteiger partial charge in [-0.1, -0.05) is 6.92 Å². The van der Waals surface area contributed by atoms with Crippen LogP contribution in [0.1, 0.15) is 31.1 Å². The average Bonchev–Trinajstić information content (AvgIpc) is 3.24. The molecule has 3 heterocycles. The second-order valence-electron chi connectivity index (χ2n) is 6.58. The van der Waals surface area contributed by atoms with Gasteiger partial charge in [0.1, 0.15) is 0 Å². The van der Waals surface area contributed by atoms with Gasteiger partial charge in [-0.2, -0.15) is 5.10 Å². The monoisotopic (exact) mass is 396 g/mol. The zero-order valence-corrected chi connectivity index (χ0v) is 16.6. The van der Waals surface area contributed by atoms with E-state index in [1.165, 1.54) is 9.18 Å². The number of carbonyl (C=O) groups excluding carboxylic acids is 1. The van der Waals surface area contributed by atoms with Gasteiger partial charge in [0.15, 0.2) is 5.82 Å². The van der Waals surface area contributed by atoms with Gasteiger partial charge < -0.3 is 5.32 Å². The highest BCUT2D eigenvalue weighted by Crippen LogP contribution is 2.28. The summed E-state index contributed by atoms with van der Waals surface area (Å²) >= 11 is 1.65. The van der Waals surface area contributed by atoms with Gasteiger partial charge in [0.25, 0.3) is 0 Å². The summed E-state index contributed by atoms with van der Waals surface area (Å²) in [4.78, 5) is 14.8. The van der Waals surface area contributed by atoms with Crippen LogP contribution in [-0.4, -0.2) is 47.7 Å². The number of rotatable bonds is 6. The molecule has 0 saturated carbocycles. The number of aromatic nitrogens is 2. The van der Waals surface area contributed by atoms with Crippen LogP contribution in [0, 0.1) is 12.8 Å². The Hall–Kier alpha value is -1.71. The first-order chi connectivity index (χ1) is 12.4. The molecular formula is C17H24N4O3S2. The molecule has 1 fully saturated rings. The summed E-state index contributed by atoms with van der Waals surface area (Å²) in [5, 5.41) is 9.90. The molecule has 0 bridgehead atoms. The Balaban J connectivity index is 1.64. The number of amides is 1. The highest BCUT2D eigenvalue weighted by Gasteiger charge is 2.32. The number of carbonyl (C=O) groups is 1. The molecule has 7 nitrogen and oxygen atoms in total. The van der Waals surface area contributed by atoms with E-state index in [1.807, 2.05) is 26.0 Å². The number of nitrogens with zero attached hydrogens (tertiary/aromatic N) is 2. The molecule has 1 unspecified atom stereocenters. The van der Waals surface area contributed by atoms with Gasteiger partial charge in [-0.05, 0) is 38.3 Å². The maximum absolute atomic E-state index is 12.6. The number of hydrogen-bond donors (Lipinski definition) is 2. The summed E-state index contributed by atoms with van der Waals surface area (Å²) in [6.07, 6.45) is 1.96. The minimum absolute atomic E-state index is 0.129. The van der Waals surface area contributed by atoms with Crippen LogP contribution in [0.15, 0.2) is 18.2 Å². The molecule has 142 valence electrons. The topological polar surface area (TPSA) is 95.2 Å². The first-order valence-electron chi connectivity index (χ1n) is 8.80. The molecule has 1 amide bonds. The van der Waals surface area contributed by atoms with Crippen molar-refractivity contribution in [1.29, 1.82) is 0 Å². The van der Waals surface area contributed by atoms with Crippen LogP contribution < -0.4 is 5.32 Å². The largest absolute Gasteiger partial charge is 0.309 e. The highest BCUT2D eigenvalue weighted by molar-refractivity contribution is 7.89. The Bertz CT molecular complexity index is 872. The first-order valence-corrected chi connectivity index (χ1v) is 11.2. The van der Waals surface area contributed by atoms with Crippen molar-refractivity contribution >= 4 is 33.1 Å². The van der Waals surface area contributed by atoms with Crippen molar-refractivity contribution in [3.63, 3.8) is 0 Å². The summed E-state index contributed by atoms with van der Waals surface area (Å²) in [7, 11) is -3.27. The van der Waals surface area contributed by atoms with E-state index in [0.717, 1.165) is 10.6 Å². The van der Waals surface area contributed by atoms with Gasteiger partial charge in [0, 0.05) is 24.0 Å². The van der Waals surface area contributed by atoms with Gasteiger partial charge in [0.05, 0.1) is 22.2 Å². The lowest BCUT2D eigenvalue weighted by Gasteiger charge is -2.30. The van der Waals surface area contributed by atoms with Crippen LogP contribution in [0.4, 0.5) is 5.82 Å². The molecular weight excluding hydrogens is 372 g/mol. The molecule has 1 aliphatic heterocycles. The SMILES string of the molecule is CCCS(=O)(=O)N1CCCC(C(=O)Nc2cc(-c3ccc(C)s3)[nH]n2)C1. The van der Waals surface area contributed by atoms with E-state index in [4.69, 9.17) is 0 Å². The van der Waals surface area contributed by atoms with E-state index in [9.17, 15) is 13.2 Å². The summed E-state index contributed by atoms with van der Waals surface area (Å²) in [5.41, 5.74) is 0.856.